The Kier molecular flexibility index (Phi) is 4.51. The summed E-state index contributed by atoms with van der Waals surface area (Å²) < 4.78 is 9.87. The van der Waals surface area contributed by atoms with Crippen LogP contribution >= 0.6 is 0 Å². The second-order valence-corrected chi connectivity index (χ2v) is 3.57. The number of ether oxygens (including phenoxy) is 2. The van der Waals surface area contributed by atoms with E-state index in [1.165, 1.54) is 7.11 Å². The Labute approximate surface area is 99.5 Å². The maximum absolute atomic E-state index is 11.1. The van der Waals surface area contributed by atoms with E-state index in [4.69, 9.17) is 10.5 Å². The van der Waals surface area contributed by atoms with Gasteiger partial charge in [0.15, 0.2) is 6.10 Å². The largest absolute Gasteiger partial charge is 0.479 e. The van der Waals surface area contributed by atoms with Crippen LogP contribution in [0.25, 0.3) is 0 Å². The fraction of sp³-hybridized carbons (Fsp3) is 0.333. The molecule has 92 valence electrons. The van der Waals surface area contributed by atoms with Crippen molar-refractivity contribution in [2.24, 2.45) is 5.73 Å². The summed E-state index contributed by atoms with van der Waals surface area (Å²) in [6.07, 6.45) is -0.477. The Morgan fingerprint density at radius 3 is 2.35 bits per heavy atom. The summed E-state index contributed by atoms with van der Waals surface area (Å²) >= 11 is 0. The average molecular weight is 237 g/mol. The third kappa shape index (κ3) is 4.14. The molecule has 0 bridgehead atoms. The van der Waals surface area contributed by atoms with E-state index in [9.17, 15) is 9.59 Å². The molecule has 1 amide bonds. The molecule has 2 N–H and O–H groups in total. The molecule has 0 fully saturated rings. The molecule has 1 rings (SSSR count). The highest BCUT2D eigenvalue weighted by atomic mass is 16.6. The first-order chi connectivity index (χ1) is 8.02. The van der Waals surface area contributed by atoms with Crippen LogP contribution in [-0.2, 0) is 20.7 Å². The maximum Gasteiger partial charge on any atom is 0.346 e. The Morgan fingerprint density at radius 1 is 1.29 bits per heavy atom. The lowest BCUT2D eigenvalue weighted by Crippen LogP contribution is -2.24. The molecule has 0 heterocycles. The van der Waals surface area contributed by atoms with Gasteiger partial charge in [-0.1, -0.05) is 12.1 Å². The number of primary amides is 1. The van der Waals surface area contributed by atoms with Crippen LogP contribution in [0.5, 0.6) is 5.75 Å². The summed E-state index contributed by atoms with van der Waals surface area (Å²) in [4.78, 5) is 21.8. The standard InChI is InChI=1S/C12H15NO4/c1-8(12(15)16-2)17-10-5-3-9(4-6-10)7-11(13)14/h3-6,8H,7H2,1-2H3,(H2,13,14)/t8-/m0/s1. The summed E-state index contributed by atoms with van der Waals surface area (Å²) in [5.74, 6) is -0.288. The van der Waals surface area contributed by atoms with Crippen molar-refractivity contribution in [2.75, 3.05) is 7.11 Å². The molecule has 0 radical (unpaired) electrons. The van der Waals surface area contributed by atoms with E-state index in [1.54, 1.807) is 31.2 Å². The zero-order valence-corrected chi connectivity index (χ0v) is 9.80. The molecule has 0 aliphatic carbocycles. The van der Waals surface area contributed by atoms with Crippen molar-refractivity contribution < 1.29 is 19.1 Å². The number of rotatable bonds is 5. The molecule has 1 atom stereocenters. The molecule has 0 aromatic heterocycles. The molecule has 0 aliphatic heterocycles. The van der Waals surface area contributed by atoms with Crippen molar-refractivity contribution >= 4 is 11.9 Å². The first kappa shape index (κ1) is 13.0. The van der Waals surface area contributed by atoms with Crippen LogP contribution in [0.15, 0.2) is 24.3 Å². The number of esters is 1. The first-order valence-corrected chi connectivity index (χ1v) is 5.14. The normalized spacial score (nSPS) is 11.6. The van der Waals surface area contributed by atoms with E-state index in [0.29, 0.717) is 5.75 Å². The van der Waals surface area contributed by atoms with Crippen molar-refractivity contribution in [1.82, 2.24) is 0 Å². The van der Waals surface area contributed by atoms with Gasteiger partial charge in [0.2, 0.25) is 5.91 Å². The number of hydrogen-bond acceptors (Lipinski definition) is 4. The Balaban J connectivity index is 2.62. The number of hydrogen-bond donors (Lipinski definition) is 1. The van der Waals surface area contributed by atoms with E-state index in [-0.39, 0.29) is 12.3 Å². The highest BCUT2D eigenvalue weighted by Gasteiger charge is 2.14. The lowest BCUT2D eigenvalue weighted by molar-refractivity contribution is -0.147. The third-order valence-corrected chi connectivity index (χ3v) is 2.15. The van der Waals surface area contributed by atoms with Gasteiger partial charge in [0.25, 0.3) is 0 Å². The third-order valence-electron chi connectivity index (χ3n) is 2.15. The number of amides is 1. The van der Waals surface area contributed by atoms with Gasteiger partial charge in [0.05, 0.1) is 13.5 Å². The molecule has 0 saturated carbocycles. The predicted molar refractivity (Wildman–Crippen MR) is 61.4 cm³/mol. The maximum atomic E-state index is 11.1. The molecule has 5 nitrogen and oxygen atoms in total. The van der Waals surface area contributed by atoms with Gasteiger partial charge < -0.3 is 15.2 Å². The van der Waals surface area contributed by atoms with Gasteiger partial charge in [-0.25, -0.2) is 4.79 Å². The SMILES string of the molecule is COC(=O)[C@H](C)Oc1ccc(CC(N)=O)cc1. The molecule has 1 aromatic rings. The van der Waals surface area contributed by atoms with Crippen LogP contribution in [0.1, 0.15) is 12.5 Å². The van der Waals surface area contributed by atoms with Crippen LogP contribution in [-0.4, -0.2) is 25.1 Å². The minimum atomic E-state index is -0.665. The van der Waals surface area contributed by atoms with Gasteiger partial charge >= 0.3 is 5.97 Å². The van der Waals surface area contributed by atoms with Crippen LogP contribution in [0.4, 0.5) is 0 Å². The molecule has 1 aromatic carbocycles. The highest BCUT2D eigenvalue weighted by Crippen LogP contribution is 2.14. The fourth-order valence-electron chi connectivity index (χ4n) is 1.31. The molecular formula is C12H15NO4. The lowest BCUT2D eigenvalue weighted by Gasteiger charge is -2.12. The van der Waals surface area contributed by atoms with Crippen molar-refractivity contribution in [3.05, 3.63) is 29.8 Å². The Bertz CT molecular complexity index is 399. The van der Waals surface area contributed by atoms with Gasteiger partial charge in [-0.3, -0.25) is 4.79 Å². The molecule has 0 spiro atoms. The molecule has 17 heavy (non-hydrogen) atoms. The van der Waals surface area contributed by atoms with E-state index >= 15 is 0 Å². The Morgan fingerprint density at radius 2 is 1.88 bits per heavy atom. The van der Waals surface area contributed by atoms with E-state index in [0.717, 1.165) is 5.56 Å². The second-order valence-electron chi connectivity index (χ2n) is 3.57. The minimum Gasteiger partial charge on any atom is -0.479 e. The fourth-order valence-corrected chi connectivity index (χ4v) is 1.31. The summed E-state index contributed by atoms with van der Waals surface area (Å²) in [7, 11) is 1.30. The van der Waals surface area contributed by atoms with E-state index in [1.807, 2.05) is 0 Å². The first-order valence-electron chi connectivity index (χ1n) is 5.14. The highest BCUT2D eigenvalue weighted by molar-refractivity contribution is 5.76. The quantitative estimate of drug-likeness (QED) is 0.763. The minimum absolute atomic E-state index is 0.187. The van der Waals surface area contributed by atoms with Crippen molar-refractivity contribution in [2.45, 2.75) is 19.4 Å². The number of nitrogens with two attached hydrogens (primary N) is 1. The summed E-state index contributed by atoms with van der Waals surface area (Å²) in [6.45, 7) is 1.60. The zero-order chi connectivity index (χ0) is 12.8. The smallest absolute Gasteiger partial charge is 0.346 e. The molecule has 5 heteroatoms. The number of carbonyl (C=O) groups excluding carboxylic acids is 2. The second kappa shape index (κ2) is 5.89. The van der Waals surface area contributed by atoms with Crippen molar-refractivity contribution in [3.63, 3.8) is 0 Å². The molecule has 0 saturated heterocycles. The van der Waals surface area contributed by atoms with Crippen LogP contribution in [0.3, 0.4) is 0 Å². The lowest BCUT2D eigenvalue weighted by atomic mass is 10.1. The molecular weight excluding hydrogens is 222 g/mol. The monoisotopic (exact) mass is 237 g/mol. The van der Waals surface area contributed by atoms with Gasteiger partial charge in [-0.2, -0.15) is 0 Å². The van der Waals surface area contributed by atoms with Crippen LogP contribution in [0.2, 0.25) is 0 Å². The van der Waals surface area contributed by atoms with Crippen LogP contribution in [0, 0.1) is 0 Å². The van der Waals surface area contributed by atoms with Crippen LogP contribution < -0.4 is 10.5 Å². The average Bonchev–Trinajstić information content (AvgIpc) is 2.30. The van der Waals surface area contributed by atoms with E-state index < -0.39 is 12.1 Å². The zero-order valence-electron chi connectivity index (χ0n) is 9.80. The summed E-state index contributed by atoms with van der Waals surface area (Å²) in [6, 6.07) is 6.81. The number of carbonyl (C=O) groups is 2. The van der Waals surface area contributed by atoms with Gasteiger partial charge in [-0.15, -0.1) is 0 Å². The Hall–Kier alpha value is -2.04. The van der Waals surface area contributed by atoms with Crippen molar-refractivity contribution in [3.8, 4) is 5.75 Å². The van der Waals surface area contributed by atoms with Gasteiger partial charge in [0.1, 0.15) is 5.75 Å². The summed E-state index contributed by atoms with van der Waals surface area (Å²) in [5.41, 5.74) is 5.87. The topological polar surface area (TPSA) is 78.6 Å². The van der Waals surface area contributed by atoms with Crippen molar-refractivity contribution in [1.29, 1.82) is 0 Å². The number of methoxy groups -OCH3 is 1. The number of benzene rings is 1. The molecule has 0 unspecified atom stereocenters. The van der Waals surface area contributed by atoms with Gasteiger partial charge in [0, 0.05) is 0 Å². The molecule has 0 aliphatic rings. The predicted octanol–water partition coefficient (Wildman–Crippen LogP) is 0.655. The van der Waals surface area contributed by atoms with Gasteiger partial charge in [-0.05, 0) is 24.6 Å². The summed E-state index contributed by atoms with van der Waals surface area (Å²) in [5, 5.41) is 0. The van der Waals surface area contributed by atoms with E-state index in [2.05, 4.69) is 4.74 Å².